The summed E-state index contributed by atoms with van der Waals surface area (Å²) in [5, 5.41) is 45.2. The van der Waals surface area contributed by atoms with Crippen LogP contribution in [0.5, 0.6) is 0 Å². The average Bonchev–Trinajstić information content (AvgIpc) is 2.60. The molecule has 4 nitrogen and oxygen atoms in total. The summed E-state index contributed by atoms with van der Waals surface area (Å²) in [5.41, 5.74) is 2.79. The standard InChI is InChI=1S/C20H16O4/c21-14-7-5-10-8-13-17-11(16(10)20(14)24)6-4-9-2-1-3-12(15(9)17)18(22)19(13)23/h1-8,14,18-24H/t14-,18+,19+,20+/m0/s1. The molecule has 4 N–H and O–H groups in total. The van der Waals surface area contributed by atoms with Crippen LogP contribution in [0, 0.1) is 0 Å². The molecule has 0 bridgehead atoms. The molecule has 0 spiro atoms. The van der Waals surface area contributed by atoms with E-state index >= 15 is 0 Å². The van der Waals surface area contributed by atoms with Crippen molar-refractivity contribution >= 4 is 27.6 Å². The minimum Gasteiger partial charge on any atom is -0.386 e. The fraction of sp³-hybridized carbons (Fsp3) is 0.200. The predicted octanol–water partition coefficient (Wildman–Crippen LogP) is 2.49. The van der Waals surface area contributed by atoms with Gasteiger partial charge in [0, 0.05) is 0 Å². The van der Waals surface area contributed by atoms with Gasteiger partial charge in [0.25, 0.3) is 0 Å². The Hall–Kier alpha value is -2.24. The molecule has 4 atom stereocenters. The van der Waals surface area contributed by atoms with E-state index in [1.54, 1.807) is 12.2 Å². The summed E-state index contributed by atoms with van der Waals surface area (Å²) < 4.78 is 0. The molecule has 0 fully saturated rings. The first-order valence-corrected chi connectivity index (χ1v) is 8.00. The van der Waals surface area contributed by atoms with Gasteiger partial charge in [0.2, 0.25) is 0 Å². The highest BCUT2D eigenvalue weighted by atomic mass is 16.3. The summed E-state index contributed by atoms with van der Waals surface area (Å²) in [6, 6.07) is 11.3. The molecule has 0 aliphatic heterocycles. The minimum absolute atomic E-state index is 0.661. The summed E-state index contributed by atoms with van der Waals surface area (Å²) in [5.74, 6) is 0. The Labute approximate surface area is 137 Å². The zero-order valence-corrected chi connectivity index (χ0v) is 12.7. The molecule has 2 aliphatic carbocycles. The van der Waals surface area contributed by atoms with Gasteiger partial charge < -0.3 is 20.4 Å². The summed E-state index contributed by atoms with van der Waals surface area (Å²) in [4.78, 5) is 0. The highest BCUT2D eigenvalue weighted by molar-refractivity contribution is 6.13. The average molecular weight is 320 g/mol. The van der Waals surface area contributed by atoms with Gasteiger partial charge in [-0.25, -0.2) is 0 Å². The third-order valence-corrected chi connectivity index (χ3v) is 5.31. The van der Waals surface area contributed by atoms with Crippen molar-refractivity contribution in [2.45, 2.75) is 24.4 Å². The number of fused-ring (bicyclic) bond motifs is 2. The smallest absolute Gasteiger partial charge is 0.110 e. The van der Waals surface area contributed by atoms with Crippen molar-refractivity contribution in [2.24, 2.45) is 0 Å². The highest BCUT2D eigenvalue weighted by Gasteiger charge is 2.33. The lowest BCUT2D eigenvalue weighted by Gasteiger charge is -2.31. The van der Waals surface area contributed by atoms with E-state index in [-0.39, 0.29) is 0 Å². The minimum atomic E-state index is -1.02. The van der Waals surface area contributed by atoms with Crippen molar-refractivity contribution in [1.29, 1.82) is 0 Å². The number of hydrogen-bond donors (Lipinski definition) is 4. The molecule has 2 aliphatic rings. The van der Waals surface area contributed by atoms with Crippen LogP contribution in [0.15, 0.2) is 42.5 Å². The monoisotopic (exact) mass is 320 g/mol. The molecule has 24 heavy (non-hydrogen) atoms. The quantitative estimate of drug-likeness (QED) is 0.480. The van der Waals surface area contributed by atoms with Crippen molar-refractivity contribution in [3.05, 3.63) is 64.7 Å². The Morgan fingerprint density at radius 3 is 2.38 bits per heavy atom. The van der Waals surface area contributed by atoms with E-state index in [0.717, 1.165) is 27.1 Å². The highest BCUT2D eigenvalue weighted by Crippen LogP contribution is 2.48. The van der Waals surface area contributed by atoms with Crippen molar-refractivity contribution in [3.8, 4) is 0 Å². The molecular formula is C20H16O4. The zero-order chi connectivity index (χ0) is 16.6. The zero-order valence-electron chi connectivity index (χ0n) is 12.7. The van der Waals surface area contributed by atoms with Gasteiger partial charge in [0.1, 0.15) is 24.4 Å². The van der Waals surface area contributed by atoms with Gasteiger partial charge in [-0.2, -0.15) is 0 Å². The lowest BCUT2D eigenvalue weighted by molar-refractivity contribution is 0.0177. The van der Waals surface area contributed by atoms with E-state index in [1.165, 1.54) is 0 Å². The Bertz CT molecular complexity index is 1040. The maximum Gasteiger partial charge on any atom is 0.110 e. The SMILES string of the molecule is O[C@@H]1c2cccc3ccc4c5c(cc(c4c23)[C@H]1O)C=C[C@H](O)[C@H]5O. The van der Waals surface area contributed by atoms with Gasteiger partial charge in [0.05, 0.1) is 0 Å². The molecule has 120 valence electrons. The molecule has 3 aromatic rings. The number of rotatable bonds is 0. The van der Waals surface area contributed by atoms with E-state index in [1.807, 2.05) is 36.4 Å². The second-order valence-corrected chi connectivity index (χ2v) is 6.59. The largest absolute Gasteiger partial charge is 0.386 e. The van der Waals surface area contributed by atoms with E-state index < -0.39 is 24.4 Å². The van der Waals surface area contributed by atoms with Crippen LogP contribution in [-0.4, -0.2) is 26.5 Å². The number of benzene rings is 3. The summed E-state index contributed by atoms with van der Waals surface area (Å²) in [6.07, 6.45) is -0.650. The molecule has 0 saturated carbocycles. The fourth-order valence-corrected chi connectivity index (χ4v) is 4.17. The first-order valence-electron chi connectivity index (χ1n) is 8.00. The molecule has 5 rings (SSSR count). The molecule has 0 aromatic heterocycles. The van der Waals surface area contributed by atoms with E-state index in [4.69, 9.17) is 0 Å². The van der Waals surface area contributed by atoms with Gasteiger partial charge in [-0.1, -0.05) is 42.5 Å². The van der Waals surface area contributed by atoms with Gasteiger partial charge >= 0.3 is 0 Å². The Morgan fingerprint density at radius 1 is 0.750 bits per heavy atom. The Morgan fingerprint density at radius 2 is 1.54 bits per heavy atom. The Kier molecular flexibility index (Phi) is 2.74. The molecule has 4 heteroatoms. The number of aliphatic hydroxyl groups is 4. The van der Waals surface area contributed by atoms with Crippen LogP contribution >= 0.6 is 0 Å². The summed E-state index contributed by atoms with van der Waals surface area (Å²) in [6.45, 7) is 0. The predicted molar refractivity (Wildman–Crippen MR) is 91.4 cm³/mol. The molecule has 0 amide bonds. The van der Waals surface area contributed by atoms with Gasteiger partial charge in [-0.15, -0.1) is 0 Å². The third-order valence-electron chi connectivity index (χ3n) is 5.31. The second kappa shape index (κ2) is 4.65. The van der Waals surface area contributed by atoms with Gasteiger partial charge in [-0.05, 0) is 49.9 Å². The van der Waals surface area contributed by atoms with E-state index in [9.17, 15) is 20.4 Å². The number of hydrogen-bond acceptors (Lipinski definition) is 4. The van der Waals surface area contributed by atoms with E-state index in [2.05, 4.69) is 0 Å². The van der Waals surface area contributed by atoms with Crippen molar-refractivity contribution in [2.75, 3.05) is 0 Å². The molecule has 0 heterocycles. The van der Waals surface area contributed by atoms with Crippen molar-refractivity contribution in [3.63, 3.8) is 0 Å². The maximum absolute atomic E-state index is 10.6. The molecular weight excluding hydrogens is 304 g/mol. The van der Waals surface area contributed by atoms with Crippen LogP contribution in [0.2, 0.25) is 0 Å². The maximum atomic E-state index is 10.6. The molecule has 3 aromatic carbocycles. The topological polar surface area (TPSA) is 80.9 Å². The first kappa shape index (κ1) is 14.1. The van der Waals surface area contributed by atoms with Crippen LogP contribution in [0.3, 0.4) is 0 Å². The summed E-state index contributed by atoms with van der Waals surface area (Å²) >= 11 is 0. The van der Waals surface area contributed by atoms with Crippen LogP contribution < -0.4 is 0 Å². The van der Waals surface area contributed by atoms with Crippen LogP contribution in [0.4, 0.5) is 0 Å². The third kappa shape index (κ3) is 1.61. The van der Waals surface area contributed by atoms with Gasteiger partial charge in [-0.3, -0.25) is 0 Å². The molecule has 0 radical (unpaired) electrons. The fourth-order valence-electron chi connectivity index (χ4n) is 4.17. The van der Waals surface area contributed by atoms with Crippen molar-refractivity contribution in [1.82, 2.24) is 0 Å². The normalized spacial score (nSPS) is 27.8. The second-order valence-electron chi connectivity index (χ2n) is 6.59. The lowest BCUT2D eigenvalue weighted by Crippen LogP contribution is -2.22. The number of aliphatic hydroxyl groups excluding tert-OH is 4. The van der Waals surface area contributed by atoms with Crippen LogP contribution in [0.1, 0.15) is 40.6 Å². The van der Waals surface area contributed by atoms with Crippen LogP contribution in [-0.2, 0) is 0 Å². The summed E-state index contributed by atoms with van der Waals surface area (Å²) in [7, 11) is 0. The Balaban J connectivity index is 2.03. The van der Waals surface area contributed by atoms with Crippen LogP contribution in [0.25, 0.3) is 27.6 Å². The molecule has 0 saturated heterocycles. The lowest BCUT2D eigenvalue weighted by atomic mass is 9.78. The van der Waals surface area contributed by atoms with Crippen molar-refractivity contribution < 1.29 is 20.4 Å². The molecule has 0 unspecified atom stereocenters. The van der Waals surface area contributed by atoms with E-state index in [0.29, 0.717) is 16.7 Å². The first-order chi connectivity index (χ1) is 11.6. The van der Waals surface area contributed by atoms with Gasteiger partial charge in [0.15, 0.2) is 0 Å².